The van der Waals surface area contributed by atoms with E-state index < -0.39 is 0 Å². The molecular formula is C9H12N4. The maximum atomic E-state index is 8.63. The molecule has 0 aromatic carbocycles. The van der Waals surface area contributed by atoms with Gasteiger partial charge < -0.3 is 5.32 Å². The Morgan fingerprint density at radius 1 is 1.54 bits per heavy atom. The summed E-state index contributed by atoms with van der Waals surface area (Å²) < 4.78 is 1.92. The standard InChI is InChI=1S/C9H12N4/c10-5-8-6-12-13(7-8)9-1-3-11-4-2-9/h6-7,9,11H,1-4H2. The Balaban J connectivity index is 2.11. The number of aromatic nitrogens is 2. The van der Waals surface area contributed by atoms with Crippen molar-refractivity contribution in [3.63, 3.8) is 0 Å². The Kier molecular flexibility index (Phi) is 2.28. The highest BCUT2D eigenvalue weighted by Gasteiger charge is 2.15. The fraction of sp³-hybridized carbons (Fsp3) is 0.556. The van der Waals surface area contributed by atoms with Crippen molar-refractivity contribution >= 4 is 0 Å². The van der Waals surface area contributed by atoms with Crippen molar-refractivity contribution in [2.24, 2.45) is 0 Å². The van der Waals surface area contributed by atoms with Gasteiger partial charge in [-0.05, 0) is 25.9 Å². The summed E-state index contributed by atoms with van der Waals surface area (Å²) in [6.07, 6.45) is 5.66. The van der Waals surface area contributed by atoms with Gasteiger partial charge in [-0.1, -0.05) is 0 Å². The molecular weight excluding hydrogens is 164 g/mol. The maximum absolute atomic E-state index is 8.63. The van der Waals surface area contributed by atoms with Crippen LogP contribution in [0.4, 0.5) is 0 Å². The number of hydrogen-bond acceptors (Lipinski definition) is 3. The lowest BCUT2D eigenvalue weighted by atomic mass is 10.1. The SMILES string of the molecule is N#Cc1cnn(C2CCNCC2)c1. The van der Waals surface area contributed by atoms with Crippen molar-refractivity contribution in [3.05, 3.63) is 18.0 Å². The summed E-state index contributed by atoms with van der Waals surface area (Å²) in [4.78, 5) is 0. The normalized spacial score (nSPS) is 18.4. The van der Waals surface area contributed by atoms with Crippen LogP contribution in [0.25, 0.3) is 0 Å². The van der Waals surface area contributed by atoms with Gasteiger partial charge in [0.25, 0.3) is 0 Å². The van der Waals surface area contributed by atoms with Gasteiger partial charge in [-0.2, -0.15) is 10.4 Å². The quantitative estimate of drug-likeness (QED) is 0.684. The topological polar surface area (TPSA) is 53.6 Å². The minimum absolute atomic E-state index is 0.475. The smallest absolute Gasteiger partial charge is 0.102 e. The molecule has 1 aromatic rings. The number of rotatable bonds is 1. The van der Waals surface area contributed by atoms with E-state index in [0.29, 0.717) is 11.6 Å². The fourth-order valence-corrected chi connectivity index (χ4v) is 1.67. The fourth-order valence-electron chi connectivity index (χ4n) is 1.67. The van der Waals surface area contributed by atoms with Gasteiger partial charge in [0.05, 0.1) is 17.8 Å². The lowest BCUT2D eigenvalue weighted by Crippen LogP contribution is -2.29. The number of piperidine rings is 1. The number of nitriles is 1. The van der Waals surface area contributed by atoms with Crippen LogP contribution in [0.5, 0.6) is 0 Å². The Hall–Kier alpha value is -1.34. The van der Waals surface area contributed by atoms with Crippen LogP contribution < -0.4 is 5.32 Å². The summed E-state index contributed by atoms with van der Waals surface area (Å²) in [7, 11) is 0. The molecule has 0 spiro atoms. The van der Waals surface area contributed by atoms with Crippen LogP contribution in [0.1, 0.15) is 24.4 Å². The molecule has 1 fully saturated rings. The van der Waals surface area contributed by atoms with Crippen molar-refractivity contribution in [2.45, 2.75) is 18.9 Å². The average Bonchev–Trinajstić information content (AvgIpc) is 2.67. The second-order valence-electron chi connectivity index (χ2n) is 3.30. The summed E-state index contributed by atoms with van der Waals surface area (Å²) >= 11 is 0. The van der Waals surface area contributed by atoms with E-state index in [1.54, 1.807) is 6.20 Å². The van der Waals surface area contributed by atoms with Crippen LogP contribution in [0.2, 0.25) is 0 Å². The molecule has 0 atom stereocenters. The van der Waals surface area contributed by atoms with Gasteiger partial charge in [-0.25, -0.2) is 0 Å². The third-order valence-corrected chi connectivity index (χ3v) is 2.41. The molecule has 1 aliphatic heterocycles. The molecule has 1 saturated heterocycles. The second kappa shape index (κ2) is 3.58. The Morgan fingerprint density at radius 2 is 2.31 bits per heavy atom. The van der Waals surface area contributed by atoms with E-state index in [9.17, 15) is 0 Å². The van der Waals surface area contributed by atoms with Gasteiger partial charge in [-0.3, -0.25) is 4.68 Å². The molecule has 0 amide bonds. The van der Waals surface area contributed by atoms with Crippen molar-refractivity contribution in [2.75, 3.05) is 13.1 Å². The monoisotopic (exact) mass is 176 g/mol. The highest BCUT2D eigenvalue weighted by molar-refractivity contribution is 5.21. The van der Waals surface area contributed by atoms with Crippen LogP contribution in [0, 0.1) is 11.3 Å². The van der Waals surface area contributed by atoms with Gasteiger partial charge in [0.1, 0.15) is 6.07 Å². The zero-order valence-electron chi connectivity index (χ0n) is 7.40. The van der Waals surface area contributed by atoms with Crippen molar-refractivity contribution in [3.8, 4) is 6.07 Å². The average molecular weight is 176 g/mol. The third kappa shape index (κ3) is 1.70. The molecule has 13 heavy (non-hydrogen) atoms. The van der Waals surface area contributed by atoms with E-state index in [4.69, 9.17) is 5.26 Å². The summed E-state index contributed by atoms with van der Waals surface area (Å²) in [5.74, 6) is 0. The molecule has 2 heterocycles. The molecule has 0 unspecified atom stereocenters. The lowest BCUT2D eigenvalue weighted by molar-refractivity contribution is 0.343. The third-order valence-electron chi connectivity index (χ3n) is 2.41. The first-order valence-corrected chi connectivity index (χ1v) is 4.55. The molecule has 0 saturated carbocycles. The van der Waals surface area contributed by atoms with Crippen LogP contribution in [0.3, 0.4) is 0 Å². The first-order chi connectivity index (χ1) is 6.40. The Bertz CT molecular complexity index is 317. The molecule has 0 bridgehead atoms. The largest absolute Gasteiger partial charge is 0.317 e. The molecule has 1 aliphatic rings. The predicted octanol–water partition coefficient (Wildman–Crippen LogP) is 0.679. The highest BCUT2D eigenvalue weighted by Crippen LogP contribution is 2.17. The first kappa shape index (κ1) is 8.27. The van der Waals surface area contributed by atoms with Gasteiger partial charge in [0.2, 0.25) is 0 Å². The summed E-state index contributed by atoms with van der Waals surface area (Å²) in [6.45, 7) is 2.10. The predicted molar refractivity (Wildman–Crippen MR) is 48.1 cm³/mol. The Morgan fingerprint density at radius 3 is 2.92 bits per heavy atom. The van der Waals surface area contributed by atoms with Gasteiger partial charge >= 0.3 is 0 Å². The van der Waals surface area contributed by atoms with Crippen LogP contribution in [-0.4, -0.2) is 22.9 Å². The van der Waals surface area contributed by atoms with Crippen LogP contribution in [-0.2, 0) is 0 Å². The van der Waals surface area contributed by atoms with Crippen LogP contribution in [0.15, 0.2) is 12.4 Å². The second-order valence-corrected chi connectivity index (χ2v) is 3.30. The number of nitrogens with one attached hydrogen (secondary N) is 1. The van der Waals surface area contributed by atoms with Gasteiger partial charge in [-0.15, -0.1) is 0 Å². The molecule has 0 radical (unpaired) electrons. The van der Waals surface area contributed by atoms with E-state index in [-0.39, 0.29) is 0 Å². The molecule has 2 rings (SSSR count). The van der Waals surface area contributed by atoms with Crippen LogP contribution >= 0.6 is 0 Å². The van der Waals surface area contributed by atoms with E-state index in [2.05, 4.69) is 16.5 Å². The van der Waals surface area contributed by atoms with E-state index >= 15 is 0 Å². The molecule has 1 N–H and O–H groups in total. The highest BCUT2D eigenvalue weighted by atomic mass is 15.3. The van der Waals surface area contributed by atoms with E-state index in [1.807, 2.05) is 10.9 Å². The summed E-state index contributed by atoms with van der Waals surface area (Å²) in [5, 5.41) is 16.1. The first-order valence-electron chi connectivity index (χ1n) is 4.55. The van der Waals surface area contributed by atoms with E-state index in [1.165, 1.54) is 0 Å². The minimum Gasteiger partial charge on any atom is -0.317 e. The molecule has 4 nitrogen and oxygen atoms in total. The molecule has 4 heteroatoms. The maximum Gasteiger partial charge on any atom is 0.102 e. The van der Waals surface area contributed by atoms with E-state index in [0.717, 1.165) is 25.9 Å². The zero-order valence-corrected chi connectivity index (χ0v) is 7.40. The zero-order chi connectivity index (χ0) is 9.10. The molecule has 0 aliphatic carbocycles. The summed E-state index contributed by atoms with van der Waals surface area (Å²) in [6, 6.07) is 2.56. The van der Waals surface area contributed by atoms with Crippen molar-refractivity contribution in [1.82, 2.24) is 15.1 Å². The van der Waals surface area contributed by atoms with Gasteiger partial charge in [0, 0.05) is 6.20 Å². The van der Waals surface area contributed by atoms with Crippen molar-refractivity contribution in [1.29, 1.82) is 5.26 Å². The number of nitrogens with zero attached hydrogens (tertiary/aromatic N) is 3. The molecule has 1 aromatic heterocycles. The molecule has 68 valence electrons. The van der Waals surface area contributed by atoms with Gasteiger partial charge in [0.15, 0.2) is 0 Å². The summed E-state index contributed by atoms with van der Waals surface area (Å²) in [5.41, 5.74) is 0.651. The number of hydrogen-bond donors (Lipinski definition) is 1. The van der Waals surface area contributed by atoms with Crippen molar-refractivity contribution < 1.29 is 0 Å². The lowest BCUT2D eigenvalue weighted by Gasteiger charge is -2.22. The minimum atomic E-state index is 0.475. The Labute approximate surface area is 77.2 Å².